The second kappa shape index (κ2) is 10.9. The zero-order valence-corrected chi connectivity index (χ0v) is 18.2. The SMILES string of the molecule is COc1ccccc1N(CCCC(=O)NCCCc1cccc(C)c1)S(C)(=O)=O. The van der Waals surface area contributed by atoms with Gasteiger partial charge in [0.05, 0.1) is 19.1 Å². The number of benzene rings is 2. The first-order valence-electron chi connectivity index (χ1n) is 9.74. The molecule has 1 amide bonds. The molecule has 2 aromatic rings. The number of nitrogens with zero attached hydrogens (tertiary/aromatic N) is 1. The number of rotatable bonds is 11. The van der Waals surface area contributed by atoms with Crippen LogP contribution in [-0.2, 0) is 21.2 Å². The third kappa shape index (κ3) is 7.42. The molecule has 0 aliphatic carbocycles. The van der Waals surface area contributed by atoms with Crippen molar-refractivity contribution in [2.45, 2.75) is 32.6 Å². The van der Waals surface area contributed by atoms with E-state index in [2.05, 4.69) is 30.4 Å². The minimum absolute atomic E-state index is 0.0669. The van der Waals surface area contributed by atoms with Crippen LogP contribution in [0.25, 0.3) is 0 Å². The van der Waals surface area contributed by atoms with E-state index in [0.29, 0.717) is 24.4 Å². The highest BCUT2D eigenvalue weighted by molar-refractivity contribution is 7.92. The first kappa shape index (κ1) is 22.7. The molecule has 1 N–H and O–H groups in total. The molecule has 2 aromatic carbocycles. The lowest BCUT2D eigenvalue weighted by molar-refractivity contribution is -0.121. The van der Waals surface area contributed by atoms with Crippen LogP contribution in [-0.4, -0.2) is 40.8 Å². The van der Waals surface area contributed by atoms with Gasteiger partial charge in [0, 0.05) is 19.5 Å². The topological polar surface area (TPSA) is 75.7 Å². The van der Waals surface area contributed by atoms with Gasteiger partial charge in [-0.3, -0.25) is 9.10 Å². The zero-order chi connectivity index (χ0) is 21.3. The Bertz CT molecular complexity index is 913. The second-order valence-electron chi connectivity index (χ2n) is 7.05. The maximum absolute atomic E-state index is 12.2. The Morgan fingerprint density at radius 2 is 1.86 bits per heavy atom. The smallest absolute Gasteiger partial charge is 0.232 e. The van der Waals surface area contributed by atoms with Crippen LogP contribution in [0.4, 0.5) is 5.69 Å². The standard InChI is InChI=1S/C22H30N2O4S/c1-18-9-6-10-19(17-18)11-7-15-23-22(25)14-8-16-24(29(3,26)27)20-12-4-5-13-21(20)28-2/h4-6,9-10,12-13,17H,7-8,11,14-16H2,1-3H3,(H,23,25). The minimum atomic E-state index is -3.48. The molecule has 158 valence electrons. The van der Waals surface area contributed by atoms with Crippen LogP contribution >= 0.6 is 0 Å². The highest BCUT2D eigenvalue weighted by Gasteiger charge is 2.20. The Labute approximate surface area is 173 Å². The summed E-state index contributed by atoms with van der Waals surface area (Å²) in [6, 6.07) is 15.3. The number of methoxy groups -OCH3 is 1. The van der Waals surface area contributed by atoms with Crippen molar-refractivity contribution in [1.29, 1.82) is 0 Å². The Morgan fingerprint density at radius 3 is 2.55 bits per heavy atom. The molecule has 0 bridgehead atoms. The third-order valence-electron chi connectivity index (χ3n) is 4.57. The number of anilines is 1. The highest BCUT2D eigenvalue weighted by Crippen LogP contribution is 2.29. The highest BCUT2D eigenvalue weighted by atomic mass is 32.2. The number of aryl methyl sites for hydroxylation is 2. The van der Waals surface area contributed by atoms with Crippen molar-refractivity contribution in [3.63, 3.8) is 0 Å². The van der Waals surface area contributed by atoms with Crippen LogP contribution in [0.5, 0.6) is 5.75 Å². The lowest BCUT2D eigenvalue weighted by Crippen LogP contribution is -2.32. The van der Waals surface area contributed by atoms with E-state index < -0.39 is 10.0 Å². The fourth-order valence-corrected chi connectivity index (χ4v) is 4.13. The Hall–Kier alpha value is -2.54. The molecule has 0 aliphatic rings. The molecule has 0 saturated carbocycles. The van der Waals surface area contributed by atoms with Crippen molar-refractivity contribution < 1.29 is 17.9 Å². The predicted octanol–water partition coefficient (Wildman–Crippen LogP) is 3.30. The van der Waals surface area contributed by atoms with Crippen LogP contribution in [0, 0.1) is 6.92 Å². The monoisotopic (exact) mass is 418 g/mol. The van der Waals surface area contributed by atoms with Crippen molar-refractivity contribution in [1.82, 2.24) is 5.32 Å². The molecule has 0 atom stereocenters. The molecule has 29 heavy (non-hydrogen) atoms. The van der Waals surface area contributed by atoms with Gasteiger partial charge < -0.3 is 10.1 Å². The van der Waals surface area contributed by atoms with Gasteiger partial charge in [-0.25, -0.2) is 8.42 Å². The second-order valence-corrected chi connectivity index (χ2v) is 8.96. The minimum Gasteiger partial charge on any atom is -0.495 e. The Kier molecular flexibility index (Phi) is 8.51. The van der Waals surface area contributed by atoms with Crippen LogP contribution in [0.3, 0.4) is 0 Å². The third-order valence-corrected chi connectivity index (χ3v) is 5.75. The summed E-state index contributed by atoms with van der Waals surface area (Å²) in [6.07, 6.45) is 3.63. The van der Waals surface area contributed by atoms with E-state index >= 15 is 0 Å². The van der Waals surface area contributed by atoms with Crippen molar-refractivity contribution in [2.75, 3.05) is 30.8 Å². The fraction of sp³-hybridized carbons (Fsp3) is 0.409. The van der Waals surface area contributed by atoms with Gasteiger partial charge in [0.2, 0.25) is 15.9 Å². The average Bonchev–Trinajstić information content (AvgIpc) is 2.68. The van der Waals surface area contributed by atoms with Crippen molar-refractivity contribution in [2.24, 2.45) is 0 Å². The molecule has 0 unspecified atom stereocenters. The first-order chi connectivity index (χ1) is 13.8. The molecule has 7 heteroatoms. The largest absolute Gasteiger partial charge is 0.495 e. The number of sulfonamides is 1. The summed E-state index contributed by atoms with van der Waals surface area (Å²) in [5.74, 6) is 0.418. The molecule has 0 radical (unpaired) electrons. The van der Waals surface area contributed by atoms with E-state index in [1.165, 1.54) is 22.5 Å². The number of hydrogen-bond acceptors (Lipinski definition) is 4. The molecule has 0 spiro atoms. The van der Waals surface area contributed by atoms with Gasteiger partial charge in [0.25, 0.3) is 0 Å². The van der Waals surface area contributed by atoms with Gasteiger partial charge in [-0.1, -0.05) is 42.0 Å². The fourth-order valence-electron chi connectivity index (χ4n) is 3.16. The van der Waals surface area contributed by atoms with Gasteiger partial charge in [-0.05, 0) is 43.9 Å². The Morgan fingerprint density at radius 1 is 1.10 bits per heavy atom. The quantitative estimate of drug-likeness (QED) is 0.568. The lowest BCUT2D eigenvalue weighted by Gasteiger charge is -2.24. The number of para-hydroxylation sites is 2. The molecule has 0 fully saturated rings. The van der Waals surface area contributed by atoms with Crippen LogP contribution < -0.4 is 14.4 Å². The van der Waals surface area contributed by atoms with Gasteiger partial charge in [-0.2, -0.15) is 0 Å². The molecule has 0 saturated heterocycles. The summed E-state index contributed by atoms with van der Waals surface area (Å²) in [6.45, 7) is 2.89. The van der Waals surface area contributed by atoms with E-state index in [4.69, 9.17) is 4.74 Å². The maximum atomic E-state index is 12.2. The summed E-state index contributed by atoms with van der Waals surface area (Å²) in [5, 5.41) is 2.91. The normalized spacial score (nSPS) is 11.1. The summed E-state index contributed by atoms with van der Waals surface area (Å²) >= 11 is 0. The van der Waals surface area contributed by atoms with Crippen molar-refractivity contribution in [3.05, 3.63) is 59.7 Å². The van der Waals surface area contributed by atoms with Gasteiger partial charge in [0.1, 0.15) is 5.75 Å². The maximum Gasteiger partial charge on any atom is 0.232 e. The number of hydrogen-bond donors (Lipinski definition) is 1. The molecule has 0 aliphatic heterocycles. The summed E-state index contributed by atoms with van der Waals surface area (Å²) < 4.78 is 31.0. The summed E-state index contributed by atoms with van der Waals surface area (Å²) in [4.78, 5) is 12.1. The van der Waals surface area contributed by atoms with Crippen LogP contribution in [0.2, 0.25) is 0 Å². The number of amides is 1. The van der Waals surface area contributed by atoms with Crippen molar-refractivity contribution >= 4 is 21.6 Å². The van der Waals surface area contributed by atoms with E-state index in [1.807, 2.05) is 6.07 Å². The Balaban J connectivity index is 1.79. The number of ether oxygens (including phenoxy) is 1. The van der Waals surface area contributed by atoms with E-state index in [0.717, 1.165) is 19.1 Å². The molecule has 2 rings (SSSR count). The predicted molar refractivity (Wildman–Crippen MR) is 117 cm³/mol. The molecular weight excluding hydrogens is 388 g/mol. The number of carbonyl (C=O) groups excluding carboxylic acids is 1. The number of carbonyl (C=O) groups is 1. The van der Waals surface area contributed by atoms with E-state index in [1.54, 1.807) is 24.3 Å². The summed E-state index contributed by atoms with van der Waals surface area (Å²) in [7, 11) is -1.98. The summed E-state index contributed by atoms with van der Waals surface area (Å²) in [5.41, 5.74) is 2.98. The van der Waals surface area contributed by atoms with Gasteiger partial charge in [-0.15, -0.1) is 0 Å². The van der Waals surface area contributed by atoms with E-state index in [-0.39, 0.29) is 18.9 Å². The average molecular weight is 419 g/mol. The van der Waals surface area contributed by atoms with Gasteiger partial charge in [0.15, 0.2) is 0 Å². The van der Waals surface area contributed by atoms with Crippen LogP contribution in [0.1, 0.15) is 30.4 Å². The van der Waals surface area contributed by atoms with E-state index in [9.17, 15) is 13.2 Å². The molecule has 0 aromatic heterocycles. The number of nitrogens with one attached hydrogen (secondary N) is 1. The zero-order valence-electron chi connectivity index (χ0n) is 17.3. The van der Waals surface area contributed by atoms with Gasteiger partial charge >= 0.3 is 0 Å². The van der Waals surface area contributed by atoms with Crippen LogP contribution in [0.15, 0.2) is 48.5 Å². The lowest BCUT2D eigenvalue weighted by atomic mass is 10.1. The molecule has 6 nitrogen and oxygen atoms in total. The molecule has 0 heterocycles. The first-order valence-corrected chi connectivity index (χ1v) is 11.6. The van der Waals surface area contributed by atoms with Crippen molar-refractivity contribution in [3.8, 4) is 5.75 Å². The molecular formula is C22H30N2O4S.